The van der Waals surface area contributed by atoms with Crippen LogP contribution in [0, 0.1) is 5.92 Å². The van der Waals surface area contributed by atoms with Crippen molar-refractivity contribution >= 4 is 21.9 Å². The lowest BCUT2D eigenvalue weighted by atomic mass is 10.1. The molecule has 1 atom stereocenters. The molecule has 0 bridgehead atoms. The Hall–Kier alpha value is -1.07. The second kappa shape index (κ2) is 7.09. The van der Waals surface area contributed by atoms with Gasteiger partial charge in [-0.2, -0.15) is 0 Å². The summed E-state index contributed by atoms with van der Waals surface area (Å²) >= 11 is 3.47. The first-order chi connectivity index (χ1) is 9.56. The maximum absolute atomic E-state index is 11.5. The van der Waals surface area contributed by atoms with Crippen LogP contribution in [0.4, 0.5) is 0 Å². The van der Waals surface area contributed by atoms with E-state index >= 15 is 0 Å². The molecular weight excluding hydrogens is 322 g/mol. The van der Waals surface area contributed by atoms with Crippen LogP contribution in [0.3, 0.4) is 0 Å². The zero-order valence-electron chi connectivity index (χ0n) is 11.8. The SMILES string of the molecule is CC(C)CNCc1cc(Br)ccc1OC1CCOC1=O. The molecule has 0 saturated carbocycles. The van der Waals surface area contributed by atoms with Gasteiger partial charge in [-0.05, 0) is 30.7 Å². The van der Waals surface area contributed by atoms with E-state index in [0.717, 1.165) is 22.3 Å². The van der Waals surface area contributed by atoms with Crippen LogP contribution in [-0.2, 0) is 16.1 Å². The summed E-state index contributed by atoms with van der Waals surface area (Å²) in [6.07, 6.45) is 0.147. The van der Waals surface area contributed by atoms with Crippen molar-refractivity contribution in [2.75, 3.05) is 13.2 Å². The van der Waals surface area contributed by atoms with Crippen LogP contribution >= 0.6 is 15.9 Å². The average Bonchev–Trinajstić information content (AvgIpc) is 2.78. The summed E-state index contributed by atoms with van der Waals surface area (Å²) in [6.45, 7) is 6.44. The number of hydrogen-bond donors (Lipinski definition) is 1. The van der Waals surface area contributed by atoms with E-state index in [2.05, 4.69) is 35.1 Å². The standard InChI is InChI=1S/C15H20BrNO3/c1-10(2)8-17-9-11-7-12(16)3-4-13(11)20-14-5-6-19-15(14)18/h3-4,7,10,14,17H,5-6,8-9H2,1-2H3. The Morgan fingerprint density at radius 1 is 1.50 bits per heavy atom. The Balaban J connectivity index is 2.04. The number of rotatable bonds is 6. The summed E-state index contributed by atoms with van der Waals surface area (Å²) in [7, 11) is 0. The molecular formula is C15H20BrNO3. The predicted molar refractivity (Wildman–Crippen MR) is 80.7 cm³/mol. The van der Waals surface area contributed by atoms with Gasteiger partial charge >= 0.3 is 5.97 Å². The molecule has 0 aliphatic carbocycles. The molecule has 0 spiro atoms. The Bertz CT molecular complexity index is 476. The van der Waals surface area contributed by atoms with Crippen molar-refractivity contribution in [3.8, 4) is 5.75 Å². The van der Waals surface area contributed by atoms with E-state index in [9.17, 15) is 4.79 Å². The number of esters is 1. The lowest BCUT2D eigenvalue weighted by molar-refractivity contribution is -0.143. The van der Waals surface area contributed by atoms with E-state index in [0.29, 0.717) is 25.5 Å². The zero-order chi connectivity index (χ0) is 14.5. The van der Waals surface area contributed by atoms with Crippen LogP contribution < -0.4 is 10.1 Å². The molecule has 0 aromatic heterocycles. The van der Waals surface area contributed by atoms with E-state index in [1.54, 1.807) is 0 Å². The first-order valence-corrected chi connectivity index (χ1v) is 7.68. The Labute approximate surface area is 128 Å². The predicted octanol–water partition coefficient (Wildman–Crippen LogP) is 2.89. The molecule has 1 aliphatic heterocycles. The summed E-state index contributed by atoms with van der Waals surface area (Å²) < 4.78 is 11.7. The molecule has 0 radical (unpaired) electrons. The highest BCUT2D eigenvalue weighted by atomic mass is 79.9. The quantitative estimate of drug-likeness (QED) is 0.808. The minimum Gasteiger partial charge on any atom is -0.478 e. The van der Waals surface area contributed by atoms with Gasteiger partial charge in [0, 0.05) is 23.0 Å². The second-order valence-corrected chi connectivity index (χ2v) is 6.26. The normalized spacial score (nSPS) is 18.4. The number of carbonyl (C=O) groups excluding carboxylic acids is 1. The fourth-order valence-electron chi connectivity index (χ4n) is 2.03. The van der Waals surface area contributed by atoms with Crippen molar-refractivity contribution in [1.29, 1.82) is 0 Å². The molecule has 0 amide bonds. The van der Waals surface area contributed by atoms with Crippen LogP contribution in [0.1, 0.15) is 25.8 Å². The van der Waals surface area contributed by atoms with Gasteiger partial charge in [0.05, 0.1) is 6.61 Å². The van der Waals surface area contributed by atoms with Crippen molar-refractivity contribution in [3.05, 3.63) is 28.2 Å². The highest BCUT2D eigenvalue weighted by molar-refractivity contribution is 9.10. The maximum Gasteiger partial charge on any atom is 0.347 e. The van der Waals surface area contributed by atoms with Crippen LogP contribution in [-0.4, -0.2) is 25.2 Å². The molecule has 5 heteroatoms. The largest absolute Gasteiger partial charge is 0.478 e. The van der Waals surface area contributed by atoms with Crippen LogP contribution in [0.5, 0.6) is 5.75 Å². The van der Waals surface area contributed by atoms with Gasteiger partial charge < -0.3 is 14.8 Å². The van der Waals surface area contributed by atoms with Crippen LogP contribution in [0.15, 0.2) is 22.7 Å². The molecule has 20 heavy (non-hydrogen) atoms. The number of cyclic esters (lactones) is 1. The van der Waals surface area contributed by atoms with Crippen LogP contribution in [0.25, 0.3) is 0 Å². The number of benzene rings is 1. The molecule has 1 aromatic carbocycles. The molecule has 1 heterocycles. The van der Waals surface area contributed by atoms with Gasteiger partial charge in [0.2, 0.25) is 0 Å². The number of ether oxygens (including phenoxy) is 2. The van der Waals surface area contributed by atoms with Crippen molar-refractivity contribution < 1.29 is 14.3 Å². The fourth-order valence-corrected chi connectivity index (χ4v) is 2.44. The molecule has 2 rings (SSSR count). The lowest BCUT2D eigenvalue weighted by Gasteiger charge is -2.15. The first-order valence-electron chi connectivity index (χ1n) is 6.88. The molecule has 1 fully saturated rings. The third-order valence-electron chi connectivity index (χ3n) is 3.05. The summed E-state index contributed by atoms with van der Waals surface area (Å²) in [4.78, 5) is 11.5. The third-order valence-corrected chi connectivity index (χ3v) is 3.54. The van der Waals surface area contributed by atoms with Crippen molar-refractivity contribution in [1.82, 2.24) is 5.32 Å². The minimum atomic E-state index is -0.472. The molecule has 1 unspecified atom stereocenters. The Morgan fingerprint density at radius 2 is 2.30 bits per heavy atom. The van der Waals surface area contributed by atoms with Crippen LogP contribution in [0.2, 0.25) is 0 Å². The number of halogens is 1. The van der Waals surface area contributed by atoms with Gasteiger partial charge in [-0.15, -0.1) is 0 Å². The Kier molecular flexibility index (Phi) is 5.43. The summed E-state index contributed by atoms with van der Waals surface area (Å²) in [5, 5.41) is 3.39. The maximum atomic E-state index is 11.5. The molecule has 1 aliphatic rings. The van der Waals surface area contributed by atoms with E-state index in [-0.39, 0.29) is 5.97 Å². The lowest BCUT2D eigenvalue weighted by Crippen LogP contribution is -2.24. The van der Waals surface area contributed by atoms with Crippen molar-refractivity contribution in [2.45, 2.75) is 32.9 Å². The van der Waals surface area contributed by atoms with Gasteiger partial charge in [-0.3, -0.25) is 0 Å². The highest BCUT2D eigenvalue weighted by Crippen LogP contribution is 2.26. The van der Waals surface area contributed by atoms with Gasteiger partial charge in [-0.1, -0.05) is 29.8 Å². The number of nitrogens with one attached hydrogen (secondary N) is 1. The molecule has 1 aromatic rings. The van der Waals surface area contributed by atoms with Crippen molar-refractivity contribution in [2.24, 2.45) is 5.92 Å². The topological polar surface area (TPSA) is 47.6 Å². The molecule has 4 nitrogen and oxygen atoms in total. The smallest absolute Gasteiger partial charge is 0.347 e. The van der Waals surface area contributed by atoms with E-state index < -0.39 is 6.10 Å². The summed E-state index contributed by atoms with van der Waals surface area (Å²) in [6, 6.07) is 5.83. The molecule has 1 N–H and O–H groups in total. The first kappa shape index (κ1) is 15.3. The molecule has 1 saturated heterocycles. The number of hydrogen-bond acceptors (Lipinski definition) is 4. The number of carbonyl (C=O) groups is 1. The van der Waals surface area contributed by atoms with Crippen molar-refractivity contribution in [3.63, 3.8) is 0 Å². The van der Waals surface area contributed by atoms with E-state index in [4.69, 9.17) is 9.47 Å². The fraction of sp³-hybridized carbons (Fsp3) is 0.533. The summed E-state index contributed by atoms with van der Waals surface area (Å²) in [5.41, 5.74) is 1.04. The van der Waals surface area contributed by atoms with E-state index in [1.165, 1.54) is 0 Å². The van der Waals surface area contributed by atoms with E-state index in [1.807, 2.05) is 18.2 Å². The monoisotopic (exact) mass is 341 g/mol. The zero-order valence-corrected chi connectivity index (χ0v) is 13.4. The summed E-state index contributed by atoms with van der Waals surface area (Å²) in [5.74, 6) is 1.07. The van der Waals surface area contributed by atoms with Gasteiger partial charge in [0.1, 0.15) is 5.75 Å². The highest BCUT2D eigenvalue weighted by Gasteiger charge is 2.28. The second-order valence-electron chi connectivity index (χ2n) is 5.34. The average molecular weight is 342 g/mol. The Morgan fingerprint density at radius 3 is 2.95 bits per heavy atom. The molecule has 110 valence electrons. The van der Waals surface area contributed by atoms with Gasteiger partial charge in [0.25, 0.3) is 0 Å². The third kappa shape index (κ3) is 4.21. The van der Waals surface area contributed by atoms with Gasteiger partial charge in [0.15, 0.2) is 6.10 Å². The van der Waals surface area contributed by atoms with Gasteiger partial charge in [-0.25, -0.2) is 4.79 Å². The minimum absolute atomic E-state index is 0.269.